The van der Waals surface area contributed by atoms with Gasteiger partial charge in [0, 0.05) is 52.6 Å². The number of nitrogens with one attached hydrogen (secondary N) is 1. The normalized spacial score (nSPS) is 16.5. The van der Waals surface area contributed by atoms with Crippen LogP contribution in [-0.2, 0) is 10.3 Å². The monoisotopic (exact) mass is 510 g/mol. The number of esters is 1. The summed E-state index contributed by atoms with van der Waals surface area (Å²) < 4.78 is 13.0. The average molecular weight is 511 g/mol. The number of carbonyl (C=O) groups excluding carboxylic acids is 1. The van der Waals surface area contributed by atoms with E-state index < -0.39 is 5.60 Å². The zero-order valence-corrected chi connectivity index (χ0v) is 21.6. The molecule has 7 rings (SSSR count). The van der Waals surface area contributed by atoms with Crippen molar-refractivity contribution >= 4 is 28.7 Å². The van der Waals surface area contributed by atoms with Crippen LogP contribution in [0.15, 0.2) is 115 Å². The first kappa shape index (κ1) is 23.1. The molecule has 5 aromatic carbocycles. The minimum Gasteiger partial charge on any atom is -0.456 e. The average Bonchev–Trinajstić information content (AvgIpc) is 3.27. The minimum absolute atomic E-state index is 0.340. The zero-order valence-electron chi connectivity index (χ0n) is 21.6. The quantitative estimate of drug-likeness (QED) is 0.248. The summed E-state index contributed by atoms with van der Waals surface area (Å²) in [5.74, 6) is 0.992. The topological polar surface area (TPSA) is 50.8 Å². The van der Waals surface area contributed by atoms with Gasteiger partial charge in [0.2, 0.25) is 0 Å². The van der Waals surface area contributed by atoms with Gasteiger partial charge < -0.3 is 19.7 Å². The van der Waals surface area contributed by atoms with E-state index in [4.69, 9.17) is 9.47 Å². The van der Waals surface area contributed by atoms with Crippen molar-refractivity contribution in [1.82, 2.24) is 0 Å². The number of nitrogens with zero attached hydrogens (tertiary/aromatic N) is 1. The molecule has 0 radical (unpaired) electrons. The van der Waals surface area contributed by atoms with Crippen molar-refractivity contribution in [2.24, 2.45) is 0 Å². The maximum absolute atomic E-state index is 13.3. The number of rotatable bonds is 4. The van der Waals surface area contributed by atoms with Gasteiger partial charge in [0.1, 0.15) is 11.5 Å². The Morgan fingerprint density at radius 2 is 1.38 bits per heavy atom. The van der Waals surface area contributed by atoms with Crippen LogP contribution in [0.3, 0.4) is 0 Å². The summed E-state index contributed by atoms with van der Waals surface area (Å²) in [6, 6.07) is 38.0. The van der Waals surface area contributed by atoms with Gasteiger partial charge in [-0.25, -0.2) is 4.79 Å². The summed E-state index contributed by atoms with van der Waals surface area (Å²) >= 11 is 0. The number of para-hydroxylation sites is 2. The van der Waals surface area contributed by atoms with E-state index in [1.54, 1.807) is 0 Å². The number of fused-ring (bicyclic) bond motifs is 6. The molecule has 1 unspecified atom stereocenters. The second-order valence-electron chi connectivity index (χ2n) is 9.95. The Kier molecular flexibility index (Phi) is 5.20. The molecule has 2 heterocycles. The Labute approximate surface area is 227 Å². The largest absolute Gasteiger partial charge is 0.456 e. The third-order valence-corrected chi connectivity index (χ3v) is 7.63. The van der Waals surface area contributed by atoms with Gasteiger partial charge in [0.25, 0.3) is 0 Å². The van der Waals surface area contributed by atoms with Crippen LogP contribution < -0.4 is 15.0 Å². The van der Waals surface area contributed by atoms with Crippen LogP contribution in [-0.4, -0.2) is 13.0 Å². The molecule has 5 aromatic rings. The summed E-state index contributed by atoms with van der Waals surface area (Å²) in [7, 11) is 2.03. The number of aryl methyl sites for hydroxylation is 1. The highest BCUT2D eigenvalue weighted by Crippen LogP contribution is 2.57. The van der Waals surface area contributed by atoms with Gasteiger partial charge in [-0.05, 0) is 67.1 Å². The minimum atomic E-state index is -1.12. The number of benzene rings is 5. The Balaban J connectivity index is 1.42. The predicted molar refractivity (Wildman–Crippen MR) is 154 cm³/mol. The number of ether oxygens (including phenoxy) is 2. The van der Waals surface area contributed by atoms with E-state index >= 15 is 0 Å². The molecule has 2 aliphatic rings. The van der Waals surface area contributed by atoms with Crippen molar-refractivity contribution in [2.75, 3.05) is 17.3 Å². The van der Waals surface area contributed by atoms with Gasteiger partial charge in [-0.15, -0.1) is 0 Å². The molecule has 39 heavy (non-hydrogen) atoms. The summed E-state index contributed by atoms with van der Waals surface area (Å²) in [6.45, 7) is 2.05. The maximum atomic E-state index is 13.3. The Morgan fingerprint density at radius 3 is 2.18 bits per heavy atom. The van der Waals surface area contributed by atoms with Crippen LogP contribution in [0.25, 0.3) is 0 Å². The Bertz CT molecular complexity index is 1730. The summed E-state index contributed by atoms with van der Waals surface area (Å²) in [6.07, 6.45) is 0. The molecule has 0 saturated carbocycles. The highest BCUT2D eigenvalue weighted by Gasteiger charge is 2.53. The summed E-state index contributed by atoms with van der Waals surface area (Å²) in [5.41, 5.74) is 6.81. The molecule has 1 atom stereocenters. The number of hydrogen-bond donors (Lipinski definition) is 1. The first-order valence-electron chi connectivity index (χ1n) is 13.0. The summed E-state index contributed by atoms with van der Waals surface area (Å²) in [5, 5.41) is 3.53. The van der Waals surface area contributed by atoms with Crippen LogP contribution in [0.4, 0.5) is 22.7 Å². The molecule has 2 aliphatic heterocycles. The first-order chi connectivity index (χ1) is 19.0. The fraction of sp³-hybridized carbons (Fsp3) is 0.0882. The van der Waals surface area contributed by atoms with E-state index in [2.05, 4.69) is 28.4 Å². The predicted octanol–water partition coefficient (Wildman–Crippen LogP) is 8.07. The van der Waals surface area contributed by atoms with Gasteiger partial charge in [-0.2, -0.15) is 0 Å². The van der Waals surface area contributed by atoms with Crippen LogP contribution in [0, 0.1) is 6.92 Å². The Hall–Kier alpha value is -5.03. The molecule has 1 spiro atoms. The van der Waals surface area contributed by atoms with Gasteiger partial charge in [-0.1, -0.05) is 54.6 Å². The second kappa shape index (κ2) is 8.77. The molecule has 190 valence electrons. The van der Waals surface area contributed by atoms with Crippen LogP contribution >= 0.6 is 0 Å². The molecule has 0 aromatic heterocycles. The number of hydrogen-bond acceptors (Lipinski definition) is 5. The van der Waals surface area contributed by atoms with Gasteiger partial charge >= 0.3 is 5.97 Å². The lowest BCUT2D eigenvalue weighted by Gasteiger charge is -2.37. The highest BCUT2D eigenvalue weighted by molar-refractivity contribution is 5.97. The van der Waals surface area contributed by atoms with Crippen LogP contribution in [0.1, 0.15) is 32.6 Å². The molecule has 5 nitrogen and oxygen atoms in total. The van der Waals surface area contributed by atoms with Gasteiger partial charge in [0.15, 0.2) is 5.60 Å². The third kappa shape index (κ3) is 3.58. The molecule has 0 aliphatic carbocycles. The molecule has 0 fully saturated rings. The molecule has 0 saturated heterocycles. The summed E-state index contributed by atoms with van der Waals surface area (Å²) in [4.78, 5) is 15.4. The van der Waals surface area contributed by atoms with E-state index in [-0.39, 0.29) is 5.97 Å². The lowest BCUT2D eigenvalue weighted by molar-refractivity contribution is 0.0224. The molecule has 1 N–H and O–H groups in total. The van der Waals surface area contributed by atoms with Crippen LogP contribution in [0.2, 0.25) is 0 Å². The van der Waals surface area contributed by atoms with Crippen molar-refractivity contribution < 1.29 is 14.3 Å². The van der Waals surface area contributed by atoms with Crippen molar-refractivity contribution in [3.05, 3.63) is 143 Å². The second-order valence-corrected chi connectivity index (χ2v) is 9.95. The third-order valence-electron chi connectivity index (χ3n) is 7.63. The van der Waals surface area contributed by atoms with Crippen molar-refractivity contribution in [1.29, 1.82) is 0 Å². The Morgan fingerprint density at radius 1 is 0.692 bits per heavy atom. The van der Waals surface area contributed by atoms with E-state index in [9.17, 15) is 4.79 Å². The van der Waals surface area contributed by atoms with E-state index in [0.717, 1.165) is 45.0 Å². The van der Waals surface area contributed by atoms with E-state index in [1.807, 2.05) is 111 Å². The van der Waals surface area contributed by atoms with Gasteiger partial charge in [0.05, 0.1) is 5.56 Å². The molecule has 0 bridgehead atoms. The highest BCUT2D eigenvalue weighted by atomic mass is 16.6. The van der Waals surface area contributed by atoms with Crippen molar-refractivity contribution in [3.8, 4) is 11.5 Å². The lowest BCUT2D eigenvalue weighted by atomic mass is 9.77. The maximum Gasteiger partial charge on any atom is 0.340 e. The first-order valence-corrected chi connectivity index (χ1v) is 13.0. The van der Waals surface area contributed by atoms with Crippen LogP contribution in [0.5, 0.6) is 11.5 Å². The lowest BCUT2D eigenvalue weighted by Crippen LogP contribution is -2.33. The van der Waals surface area contributed by atoms with E-state index in [0.29, 0.717) is 17.1 Å². The SMILES string of the molecule is Cc1cc2c(cc1Nc1ccccc1)C1(OC(=O)c3ccccc31)c1ccc(N(C)c3ccccc3)cc1O2. The molecule has 0 amide bonds. The number of carbonyl (C=O) groups is 1. The zero-order chi connectivity index (χ0) is 26.6. The van der Waals surface area contributed by atoms with E-state index in [1.165, 1.54) is 0 Å². The molecular weight excluding hydrogens is 484 g/mol. The van der Waals surface area contributed by atoms with Crippen molar-refractivity contribution in [3.63, 3.8) is 0 Å². The molecular formula is C34H26N2O3. The smallest absolute Gasteiger partial charge is 0.340 e. The fourth-order valence-corrected chi connectivity index (χ4v) is 5.63. The molecule has 5 heteroatoms. The van der Waals surface area contributed by atoms with Gasteiger partial charge in [-0.3, -0.25) is 0 Å². The standard InChI is InChI=1S/C34H26N2O3/c1-22-19-31-29(21-30(22)35-23-11-5-3-6-12-23)34(27-16-10-9-15-26(27)33(37)39-34)28-18-17-25(20-32(28)38-31)36(2)24-13-7-4-8-14-24/h3-21,35H,1-2H3. The number of anilines is 4. The van der Waals surface area contributed by atoms with Crippen molar-refractivity contribution in [2.45, 2.75) is 12.5 Å². The fourth-order valence-electron chi connectivity index (χ4n) is 5.63.